The van der Waals surface area contributed by atoms with E-state index in [0.29, 0.717) is 17.0 Å². The molecule has 0 unspecified atom stereocenters. The third-order valence-electron chi connectivity index (χ3n) is 3.32. The normalized spacial score (nSPS) is 10.0. The Balaban J connectivity index is 1.71. The number of carbonyl (C=O) groups is 1. The van der Waals surface area contributed by atoms with E-state index in [-0.39, 0.29) is 12.5 Å². The number of nitriles is 1. The van der Waals surface area contributed by atoms with Gasteiger partial charge in [-0.05, 0) is 24.3 Å². The molecule has 0 fully saturated rings. The first-order chi connectivity index (χ1) is 11.3. The highest BCUT2D eigenvalue weighted by Gasteiger charge is 2.08. The summed E-state index contributed by atoms with van der Waals surface area (Å²) >= 11 is 0. The highest BCUT2D eigenvalue weighted by atomic mass is 16.5. The summed E-state index contributed by atoms with van der Waals surface area (Å²) in [4.78, 5) is 16.2. The molecule has 0 saturated heterocycles. The highest BCUT2D eigenvalue weighted by molar-refractivity contribution is 6.02. The number of pyridine rings is 1. The van der Waals surface area contributed by atoms with Gasteiger partial charge in [0.25, 0.3) is 5.91 Å². The van der Waals surface area contributed by atoms with Crippen molar-refractivity contribution in [1.29, 1.82) is 5.26 Å². The minimum absolute atomic E-state index is 0.167. The molecule has 0 aliphatic rings. The number of fused-ring (bicyclic) bond motifs is 1. The molecule has 5 nitrogen and oxygen atoms in total. The molecule has 3 aromatic rings. The summed E-state index contributed by atoms with van der Waals surface area (Å²) in [5, 5.41) is 13.7. The predicted molar refractivity (Wildman–Crippen MR) is 87.0 cm³/mol. The maximum absolute atomic E-state index is 12.1. The van der Waals surface area contributed by atoms with Crippen molar-refractivity contribution >= 4 is 22.4 Å². The Morgan fingerprint density at radius 1 is 1.17 bits per heavy atom. The second kappa shape index (κ2) is 6.58. The molecule has 112 valence electrons. The highest BCUT2D eigenvalue weighted by Crippen LogP contribution is 2.22. The zero-order valence-electron chi connectivity index (χ0n) is 12.2. The summed E-state index contributed by atoms with van der Waals surface area (Å²) in [6.07, 6.45) is 3.42. The molecule has 0 spiro atoms. The number of para-hydroxylation sites is 1. The molecule has 0 bridgehead atoms. The number of hydrogen-bond acceptors (Lipinski definition) is 4. The molecule has 2 aromatic carbocycles. The Labute approximate surface area is 133 Å². The third-order valence-corrected chi connectivity index (χ3v) is 3.32. The summed E-state index contributed by atoms with van der Waals surface area (Å²) in [6.45, 7) is -0.167. The number of nitrogens with one attached hydrogen (secondary N) is 1. The van der Waals surface area contributed by atoms with Gasteiger partial charge in [0, 0.05) is 28.9 Å². The number of carbonyl (C=O) groups excluding carboxylic acids is 1. The lowest BCUT2D eigenvalue weighted by molar-refractivity contribution is -0.118. The summed E-state index contributed by atoms with van der Waals surface area (Å²) in [6, 6.07) is 16.3. The number of hydrogen-bond donors (Lipinski definition) is 1. The number of aromatic nitrogens is 1. The Kier molecular flexibility index (Phi) is 4.16. The van der Waals surface area contributed by atoms with Crippen molar-refractivity contribution < 1.29 is 9.53 Å². The third kappa shape index (κ3) is 3.27. The predicted octanol–water partition coefficient (Wildman–Crippen LogP) is 3.12. The monoisotopic (exact) mass is 303 g/mol. The molecule has 1 aromatic heterocycles. The van der Waals surface area contributed by atoms with E-state index >= 15 is 0 Å². The fourth-order valence-electron chi connectivity index (χ4n) is 2.25. The van der Waals surface area contributed by atoms with E-state index in [1.807, 2.05) is 30.3 Å². The molecule has 0 radical (unpaired) electrons. The van der Waals surface area contributed by atoms with Gasteiger partial charge in [0.05, 0.1) is 5.56 Å². The molecule has 1 heterocycles. The van der Waals surface area contributed by atoms with Crippen LogP contribution in [0.5, 0.6) is 5.75 Å². The molecule has 3 rings (SSSR count). The number of ether oxygens (including phenoxy) is 1. The summed E-state index contributed by atoms with van der Waals surface area (Å²) < 4.78 is 5.43. The Hall–Kier alpha value is -3.39. The van der Waals surface area contributed by atoms with Gasteiger partial charge < -0.3 is 10.1 Å². The molecular weight excluding hydrogens is 290 g/mol. The van der Waals surface area contributed by atoms with Crippen LogP contribution in [-0.2, 0) is 4.79 Å². The van der Waals surface area contributed by atoms with Crippen LogP contribution in [-0.4, -0.2) is 17.5 Å². The lowest BCUT2D eigenvalue weighted by Crippen LogP contribution is -2.20. The number of anilines is 1. The van der Waals surface area contributed by atoms with Crippen LogP contribution in [0.15, 0.2) is 60.9 Å². The zero-order valence-corrected chi connectivity index (χ0v) is 12.2. The van der Waals surface area contributed by atoms with Crippen LogP contribution in [0, 0.1) is 11.3 Å². The second-order valence-electron chi connectivity index (χ2n) is 4.85. The zero-order chi connectivity index (χ0) is 16.1. The smallest absolute Gasteiger partial charge is 0.262 e. The van der Waals surface area contributed by atoms with Crippen LogP contribution < -0.4 is 10.1 Å². The van der Waals surface area contributed by atoms with Crippen LogP contribution in [0.1, 0.15) is 5.56 Å². The van der Waals surface area contributed by atoms with Gasteiger partial charge >= 0.3 is 0 Å². The van der Waals surface area contributed by atoms with Crippen LogP contribution >= 0.6 is 0 Å². The average molecular weight is 303 g/mol. The first-order valence-corrected chi connectivity index (χ1v) is 7.02. The minimum Gasteiger partial charge on any atom is -0.482 e. The fourth-order valence-corrected chi connectivity index (χ4v) is 2.25. The Morgan fingerprint density at radius 2 is 2.04 bits per heavy atom. The van der Waals surface area contributed by atoms with E-state index in [2.05, 4.69) is 10.3 Å². The molecule has 0 saturated carbocycles. The first-order valence-electron chi connectivity index (χ1n) is 7.02. The van der Waals surface area contributed by atoms with Crippen LogP contribution in [0.2, 0.25) is 0 Å². The van der Waals surface area contributed by atoms with Gasteiger partial charge in [-0.15, -0.1) is 0 Å². The molecule has 0 aliphatic carbocycles. The van der Waals surface area contributed by atoms with E-state index < -0.39 is 0 Å². The van der Waals surface area contributed by atoms with Gasteiger partial charge in [-0.3, -0.25) is 9.78 Å². The largest absolute Gasteiger partial charge is 0.482 e. The molecule has 1 N–H and O–H groups in total. The van der Waals surface area contributed by atoms with E-state index in [0.717, 1.165) is 10.8 Å². The standard InChI is InChI=1S/C18H13N3O2/c19-10-13-4-1-2-7-17(13)23-12-18(22)21-16-6-3-5-14-11-20-9-8-15(14)16/h1-9,11H,12H2,(H,21,22). The van der Waals surface area contributed by atoms with Gasteiger partial charge in [0.15, 0.2) is 6.61 Å². The maximum Gasteiger partial charge on any atom is 0.262 e. The molecular formula is C18H13N3O2. The van der Waals surface area contributed by atoms with Crippen molar-refractivity contribution in [3.8, 4) is 11.8 Å². The average Bonchev–Trinajstić information content (AvgIpc) is 2.60. The molecule has 1 amide bonds. The van der Waals surface area contributed by atoms with Crippen molar-refractivity contribution in [2.45, 2.75) is 0 Å². The molecule has 5 heteroatoms. The number of amides is 1. The van der Waals surface area contributed by atoms with Crippen LogP contribution in [0.4, 0.5) is 5.69 Å². The van der Waals surface area contributed by atoms with Crippen molar-refractivity contribution in [3.63, 3.8) is 0 Å². The van der Waals surface area contributed by atoms with E-state index in [1.165, 1.54) is 0 Å². The van der Waals surface area contributed by atoms with Gasteiger partial charge in [-0.1, -0.05) is 24.3 Å². The summed E-state index contributed by atoms with van der Waals surface area (Å²) in [7, 11) is 0. The van der Waals surface area contributed by atoms with Crippen molar-refractivity contribution in [2.75, 3.05) is 11.9 Å². The van der Waals surface area contributed by atoms with E-state index in [1.54, 1.807) is 36.7 Å². The fraction of sp³-hybridized carbons (Fsp3) is 0.0556. The molecule has 0 atom stereocenters. The molecule has 23 heavy (non-hydrogen) atoms. The second-order valence-corrected chi connectivity index (χ2v) is 4.85. The molecule has 0 aliphatic heterocycles. The van der Waals surface area contributed by atoms with Crippen molar-refractivity contribution in [1.82, 2.24) is 4.98 Å². The first kappa shape index (κ1) is 14.5. The van der Waals surface area contributed by atoms with Gasteiger partial charge in [0.2, 0.25) is 0 Å². The quantitative estimate of drug-likeness (QED) is 0.803. The summed E-state index contributed by atoms with van der Waals surface area (Å²) in [5.41, 5.74) is 1.10. The van der Waals surface area contributed by atoms with Crippen LogP contribution in [0.3, 0.4) is 0 Å². The SMILES string of the molecule is N#Cc1ccccc1OCC(=O)Nc1cccc2cnccc12. The van der Waals surface area contributed by atoms with Gasteiger partial charge in [0.1, 0.15) is 11.8 Å². The number of rotatable bonds is 4. The minimum atomic E-state index is -0.290. The van der Waals surface area contributed by atoms with Crippen molar-refractivity contribution in [3.05, 3.63) is 66.5 Å². The van der Waals surface area contributed by atoms with E-state index in [9.17, 15) is 4.79 Å². The topological polar surface area (TPSA) is 75.0 Å². The van der Waals surface area contributed by atoms with Crippen LogP contribution in [0.25, 0.3) is 10.8 Å². The van der Waals surface area contributed by atoms with Gasteiger partial charge in [-0.2, -0.15) is 5.26 Å². The van der Waals surface area contributed by atoms with Gasteiger partial charge in [-0.25, -0.2) is 0 Å². The number of benzene rings is 2. The Bertz CT molecular complexity index is 895. The lowest BCUT2D eigenvalue weighted by Gasteiger charge is -2.10. The maximum atomic E-state index is 12.1. The Morgan fingerprint density at radius 3 is 2.91 bits per heavy atom. The summed E-state index contributed by atoms with van der Waals surface area (Å²) in [5.74, 6) is 0.106. The lowest BCUT2D eigenvalue weighted by atomic mass is 10.1. The van der Waals surface area contributed by atoms with Crippen molar-refractivity contribution in [2.24, 2.45) is 0 Å². The van der Waals surface area contributed by atoms with E-state index in [4.69, 9.17) is 10.00 Å². The number of nitrogens with zero attached hydrogens (tertiary/aromatic N) is 2.